The summed E-state index contributed by atoms with van der Waals surface area (Å²) in [7, 11) is 0. The minimum atomic E-state index is 0.644. The van der Waals surface area contributed by atoms with Gasteiger partial charge >= 0.3 is 0 Å². The molecule has 1 N–H and O–H groups in total. The molecule has 0 heterocycles. The van der Waals surface area contributed by atoms with Gasteiger partial charge in [0.1, 0.15) is 5.75 Å². The first-order valence-electron chi connectivity index (χ1n) is 6.62. The van der Waals surface area contributed by atoms with Gasteiger partial charge in [-0.3, -0.25) is 0 Å². The molecule has 2 aromatic carbocycles. The number of rotatable bonds is 5. The van der Waals surface area contributed by atoms with Crippen LogP contribution >= 0.6 is 47.8 Å². The average Bonchev–Trinajstić information content (AvgIpc) is 2.44. The van der Waals surface area contributed by atoms with Crippen LogP contribution in [0.2, 0.25) is 0 Å². The molecule has 0 saturated carbocycles. The van der Waals surface area contributed by atoms with E-state index in [0.29, 0.717) is 6.61 Å². The summed E-state index contributed by atoms with van der Waals surface area (Å²) in [5.74, 6) is 0.845. The van der Waals surface area contributed by atoms with E-state index in [-0.39, 0.29) is 0 Å². The lowest BCUT2D eigenvalue weighted by Crippen LogP contribution is -2.02. The first kappa shape index (κ1) is 16.8. The van der Waals surface area contributed by atoms with Crippen LogP contribution in [0.25, 0.3) is 0 Å². The topological polar surface area (TPSA) is 21.3 Å². The molecule has 0 spiro atoms. The Hall–Kier alpha value is -0.520. The summed E-state index contributed by atoms with van der Waals surface area (Å²) in [6.45, 7) is 5.45. The first-order valence-corrected chi connectivity index (χ1v) is 9.00. The van der Waals surface area contributed by atoms with Crippen LogP contribution in [0.3, 0.4) is 0 Å². The van der Waals surface area contributed by atoms with Crippen molar-refractivity contribution >= 4 is 53.5 Å². The fourth-order valence-corrected chi connectivity index (χ4v) is 3.87. The molecule has 0 aromatic heterocycles. The Labute approximate surface area is 150 Å². The molecule has 0 radical (unpaired) electrons. The Balaban J connectivity index is 2.15. The molecule has 2 nitrogen and oxygen atoms in total. The second-order valence-electron chi connectivity index (χ2n) is 4.66. The molecule has 2 rings (SSSR count). The Kier molecular flexibility index (Phi) is 6.14. The lowest BCUT2D eigenvalue weighted by molar-refractivity contribution is 0.336. The summed E-state index contributed by atoms with van der Waals surface area (Å²) >= 11 is 10.7. The van der Waals surface area contributed by atoms with Crippen LogP contribution in [-0.2, 0) is 6.54 Å². The van der Waals surface area contributed by atoms with Crippen molar-refractivity contribution in [2.45, 2.75) is 20.4 Å². The lowest BCUT2D eigenvalue weighted by atomic mass is 10.2. The highest BCUT2D eigenvalue weighted by atomic mass is 79.9. The van der Waals surface area contributed by atoms with Crippen molar-refractivity contribution in [3.63, 3.8) is 0 Å². The van der Waals surface area contributed by atoms with Gasteiger partial charge in [0.2, 0.25) is 0 Å². The first-order chi connectivity index (χ1) is 10.0. The average molecular weight is 478 g/mol. The highest BCUT2D eigenvalue weighted by Gasteiger charge is 2.09. The van der Waals surface area contributed by atoms with Crippen LogP contribution in [0, 0.1) is 6.92 Å². The van der Waals surface area contributed by atoms with Gasteiger partial charge in [0.25, 0.3) is 0 Å². The number of halogens is 3. The van der Waals surface area contributed by atoms with Crippen LogP contribution in [0.4, 0.5) is 5.69 Å². The molecule has 0 bridgehead atoms. The zero-order valence-corrected chi connectivity index (χ0v) is 16.6. The van der Waals surface area contributed by atoms with Crippen molar-refractivity contribution in [2.75, 3.05) is 11.9 Å². The summed E-state index contributed by atoms with van der Waals surface area (Å²) < 4.78 is 8.58. The van der Waals surface area contributed by atoms with Gasteiger partial charge in [0, 0.05) is 16.7 Å². The van der Waals surface area contributed by atoms with E-state index in [0.717, 1.165) is 31.4 Å². The van der Waals surface area contributed by atoms with E-state index in [2.05, 4.69) is 90.4 Å². The molecule has 0 aliphatic rings. The molecule has 0 fully saturated rings. The van der Waals surface area contributed by atoms with Gasteiger partial charge in [-0.15, -0.1) is 0 Å². The predicted molar refractivity (Wildman–Crippen MR) is 99.2 cm³/mol. The quantitative estimate of drug-likeness (QED) is 0.546. The Bertz CT molecular complexity index is 620. The van der Waals surface area contributed by atoms with E-state index < -0.39 is 0 Å². The SMILES string of the molecule is CCOc1c(Br)cc(CNc2cc(C)ccc2Br)cc1Br. The zero-order chi connectivity index (χ0) is 15.4. The molecule has 0 aliphatic heterocycles. The number of hydrogen-bond donors (Lipinski definition) is 1. The number of anilines is 1. The van der Waals surface area contributed by atoms with Crippen LogP contribution in [0.5, 0.6) is 5.75 Å². The van der Waals surface area contributed by atoms with Gasteiger partial charge in [-0.05, 0) is 97.0 Å². The molecule has 0 amide bonds. The van der Waals surface area contributed by atoms with Crippen LogP contribution in [-0.4, -0.2) is 6.61 Å². The summed E-state index contributed by atoms with van der Waals surface area (Å²) in [6.07, 6.45) is 0. The summed E-state index contributed by atoms with van der Waals surface area (Å²) in [4.78, 5) is 0. The van der Waals surface area contributed by atoms with Gasteiger partial charge < -0.3 is 10.1 Å². The monoisotopic (exact) mass is 475 g/mol. The summed E-state index contributed by atoms with van der Waals surface area (Å²) in [6, 6.07) is 10.4. The predicted octanol–water partition coefficient (Wildman–Crippen LogP) is 6.29. The number of hydrogen-bond acceptors (Lipinski definition) is 2. The maximum atomic E-state index is 5.60. The standard InChI is InChI=1S/C16H16Br3NO/c1-3-21-16-13(18)7-11(8-14(16)19)9-20-15-6-10(2)4-5-12(15)17/h4-8,20H,3,9H2,1-2H3. The fraction of sp³-hybridized carbons (Fsp3) is 0.250. The third kappa shape index (κ3) is 4.47. The minimum absolute atomic E-state index is 0.644. The van der Waals surface area contributed by atoms with Gasteiger partial charge in [0.05, 0.1) is 15.6 Å². The second-order valence-corrected chi connectivity index (χ2v) is 7.22. The maximum Gasteiger partial charge on any atom is 0.147 e. The van der Waals surface area contributed by atoms with E-state index >= 15 is 0 Å². The molecule has 0 aliphatic carbocycles. The van der Waals surface area contributed by atoms with E-state index in [9.17, 15) is 0 Å². The highest BCUT2D eigenvalue weighted by molar-refractivity contribution is 9.11. The van der Waals surface area contributed by atoms with Gasteiger partial charge in [0.15, 0.2) is 0 Å². The van der Waals surface area contributed by atoms with Crippen molar-refractivity contribution < 1.29 is 4.74 Å². The van der Waals surface area contributed by atoms with Crippen LogP contribution in [0.15, 0.2) is 43.7 Å². The third-order valence-corrected chi connectivity index (χ3v) is 4.82. The smallest absolute Gasteiger partial charge is 0.147 e. The number of ether oxygens (including phenoxy) is 1. The number of benzene rings is 2. The van der Waals surface area contributed by atoms with Crippen LogP contribution in [0.1, 0.15) is 18.1 Å². The Morgan fingerprint density at radius 1 is 1.00 bits per heavy atom. The number of aryl methyl sites for hydroxylation is 1. The maximum absolute atomic E-state index is 5.60. The lowest BCUT2D eigenvalue weighted by Gasteiger charge is -2.13. The van der Waals surface area contributed by atoms with E-state index in [1.165, 1.54) is 11.1 Å². The summed E-state index contributed by atoms with van der Waals surface area (Å²) in [5.41, 5.74) is 3.50. The molecule has 0 atom stereocenters. The van der Waals surface area contributed by atoms with Crippen molar-refractivity contribution in [1.29, 1.82) is 0 Å². The molecule has 2 aromatic rings. The van der Waals surface area contributed by atoms with Crippen molar-refractivity contribution in [3.8, 4) is 5.75 Å². The van der Waals surface area contributed by atoms with Crippen molar-refractivity contribution in [3.05, 3.63) is 54.9 Å². The van der Waals surface area contributed by atoms with Crippen molar-refractivity contribution in [2.24, 2.45) is 0 Å². The van der Waals surface area contributed by atoms with E-state index in [4.69, 9.17) is 4.74 Å². The molecular formula is C16H16Br3NO. The fourth-order valence-electron chi connectivity index (χ4n) is 1.97. The highest BCUT2D eigenvalue weighted by Crippen LogP contribution is 2.35. The zero-order valence-electron chi connectivity index (χ0n) is 11.8. The third-order valence-electron chi connectivity index (χ3n) is 2.95. The Morgan fingerprint density at radius 2 is 1.67 bits per heavy atom. The van der Waals surface area contributed by atoms with E-state index in [1.807, 2.05) is 6.92 Å². The molecule has 21 heavy (non-hydrogen) atoms. The molecule has 112 valence electrons. The van der Waals surface area contributed by atoms with E-state index in [1.54, 1.807) is 0 Å². The molecular weight excluding hydrogens is 462 g/mol. The van der Waals surface area contributed by atoms with Gasteiger partial charge in [-0.25, -0.2) is 0 Å². The van der Waals surface area contributed by atoms with Gasteiger partial charge in [-0.2, -0.15) is 0 Å². The minimum Gasteiger partial charge on any atom is -0.492 e. The Morgan fingerprint density at radius 3 is 2.29 bits per heavy atom. The normalized spacial score (nSPS) is 10.5. The summed E-state index contributed by atoms with van der Waals surface area (Å²) in [5, 5.41) is 3.45. The largest absolute Gasteiger partial charge is 0.492 e. The van der Waals surface area contributed by atoms with Gasteiger partial charge in [-0.1, -0.05) is 6.07 Å². The second kappa shape index (κ2) is 7.65. The number of nitrogens with one attached hydrogen (secondary N) is 1. The molecule has 0 unspecified atom stereocenters. The van der Waals surface area contributed by atoms with Crippen molar-refractivity contribution in [1.82, 2.24) is 0 Å². The molecule has 0 saturated heterocycles. The molecule has 5 heteroatoms. The van der Waals surface area contributed by atoms with Crippen LogP contribution < -0.4 is 10.1 Å².